The molecule has 2 rings (SSSR count). The highest BCUT2D eigenvalue weighted by molar-refractivity contribution is 6.67. The van der Waals surface area contributed by atoms with Crippen LogP contribution in [-0.2, 0) is 10.3 Å². The molecule has 0 aliphatic carbocycles. The molecule has 1 aromatic rings. The molecule has 1 nitrogen and oxygen atoms in total. The van der Waals surface area contributed by atoms with Gasteiger partial charge in [0.25, 0.3) is 0 Å². The second kappa shape index (κ2) is 4.38. The first-order valence-electron chi connectivity index (χ1n) is 4.48. The van der Waals surface area contributed by atoms with E-state index in [0.29, 0.717) is 16.7 Å². The molecule has 6 heteroatoms. The van der Waals surface area contributed by atoms with Gasteiger partial charge < -0.3 is 4.74 Å². The highest BCUT2D eigenvalue weighted by Gasteiger charge is 2.51. The van der Waals surface area contributed by atoms with Crippen molar-refractivity contribution in [1.82, 2.24) is 0 Å². The number of hydrogen-bond donors (Lipinski definition) is 0. The monoisotopic (exact) mass is 318 g/mol. The minimum absolute atomic E-state index is 0.279. The summed E-state index contributed by atoms with van der Waals surface area (Å²) in [5, 5.41) is 1.09. The van der Waals surface area contributed by atoms with E-state index < -0.39 is 9.39 Å². The summed E-state index contributed by atoms with van der Waals surface area (Å²) in [6.45, 7) is 0.511. The van der Waals surface area contributed by atoms with Crippen LogP contribution in [0.1, 0.15) is 12.0 Å². The Labute approximate surface area is 119 Å². The molecule has 1 atom stereocenters. The summed E-state index contributed by atoms with van der Waals surface area (Å²) in [5.74, 6) is 0. The van der Waals surface area contributed by atoms with Gasteiger partial charge in [-0.2, -0.15) is 0 Å². The van der Waals surface area contributed by atoms with E-state index in [2.05, 4.69) is 0 Å². The number of epoxide rings is 1. The van der Waals surface area contributed by atoms with E-state index in [1.807, 2.05) is 0 Å². The van der Waals surface area contributed by atoms with Gasteiger partial charge in [-0.05, 0) is 23.8 Å². The lowest BCUT2D eigenvalue weighted by atomic mass is 9.97. The lowest BCUT2D eigenvalue weighted by molar-refractivity contribution is 0.295. The van der Waals surface area contributed by atoms with Crippen molar-refractivity contribution in [2.45, 2.75) is 15.8 Å². The molecule has 1 fully saturated rings. The van der Waals surface area contributed by atoms with E-state index in [1.54, 1.807) is 18.2 Å². The lowest BCUT2D eigenvalue weighted by Crippen LogP contribution is -2.18. The van der Waals surface area contributed by atoms with E-state index >= 15 is 0 Å². The van der Waals surface area contributed by atoms with Crippen LogP contribution in [0.15, 0.2) is 18.2 Å². The molecule has 0 amide bonds. The van der Waals surface area contributed by atoms with Gasteiger partial charge in [0.15, 0.2) is 3.79 Å². The maximum atomic E-state index is 5.92. The van der Waals surface area contributed by atoms with Crippen molar-refractivity contribution in [3.05, 3.63) is 33.8 Å². The standard InChI is InChI=1S/C10H7Cl5O/c11-7-1-6(2-8(12)3-7)9(5-16-9)4-10(13,14)15/h1-3H,4-5H2. The molecule has 0 bridgehead atoms. The zero-order valence-electron chi connectivity index (χ0n) is 7.94. The van der Waals surface area contributed by atoms with Crippen molar-refractivity contribution in [3.63, 3.8) is 0 Å². The molecule has 0 saturated carbocycles. The minimum Gasteiger partial charge on any atom is -0.364 e. The van der Waals surface area contributed by atoms with E-state index in [9.17, 15) is 0 Å². The van der Waals surface area contributed by atoms with Gasteiger partial charge in [0, 0.05) is 16.5 Å². The van der Waals surface area contributed by atoms with Crippen molar-refractivity contribution in [1.29, 1.82) is 0 Å². The summed E-state index contributed by atoms with van der Waals surface area (Å²) in [7, 11) is 0. The summed E-state index contributed by atoms with van der Waals surface area (Å²) in [6, 6.07) is 5.20. The SMILES string of the molecule is Clc1cc(Cl)cc(C2(CC(Cl)(Cl)Cl)CO2)c1. The third-order valence-electron chi connectivity index (χ3n) is 2.37. The van der Waals surface area contributed by atoms with Crippen LogP contribution in [0.25, 0.3) is 0 Å². The predicted molar refractivity (Wildman–Crippen MR) is 69.0 cm³/mol. The van der Waals surface area contributed by atoms with E-state index in [4.69, 9.17) is 62.7 Å². The zero-order chi connectivity index (χ0) is 12.0. The van der Waals surface area contributed by atoms with Crippen LogP contribution in [0.5, 0.6) is 0 Å². The molecule has 0 spiro atoms. The Kier molecular flexibility index (Phi) is 3.58. The Bertz CT molecular complexity index is 388. The largest absolute Gasteiger partial charge is 0.364 e. The Morgan fingerprint density at radius 1 is 1.12 bits per heavy atom. The molecule has 1 unspecified atom stereocenters. The number of rotatable bonds is 2. The average Bonchev–Trinajstić information content (AvgIpc) is 2.80. The van der Waals surface area contributed by atoms with Gasteiger partial charge in [-0.1, -0.05) is 58.0 Å². The molecular formula is C10H7Cl5O. The first-order valence-corrected chi connectivity index (χ1v) is 6.37. The van der Waals surface area contributed by atoms with Crippen molar-refractivity contribution in [2.24, 2.45) is 0 Å². The Morgan fingerprint density at radius 3 is 2.00 bits per heavy atom. The molecule has 88 valence electrons. The first kappa shape index (κ1) is 13.1. The molecule has 1 aliphatic rings. The van der Waals surface area contributed by atoms with E-state index in [0.717, 1.165) is 5.56 Å². The second-order valence-electron chi connectivity index (χ2n) is 3.73. The normalized spacial score (nSPS) is 24.6. The van der Waals surface area contributed by atoms with Gasteiger partial charge in [-0.15, -0.1) is 0 Å². The summed E-state index contributed by atoms with van der Waals surface area (Å²) in [4.78, 5) is 0. The maximum Gasteiger partial charge on any atom is 0.193 e. The quantitative estimate of drug-likeness (QED) is 0.553. The minimum atomic E-state index is -1.36. The molecule has 1 heterocycles. The van der Waals surface area contributed by atoms with Crippen LogP contribution < -0.4 is 0 Å². The fraction of sp³-hybridized carbons (Fsp3) is 0.400. The Hall–Kier alpha value is 0.630. The van der Waals surface area contributed by atoms with Gasteiger partial charge in [0.05, 0.1) is 6.61 Å². The lowest BCUT2D eigenvalue weighted by Gasteiger charge is -2.18. The van der Waals surface area contributed by atoms with Crippen molar-refractivity contribution in [3.8, 4) is 0 Å². The molecular weight excluding hydrogens is 313 g/mol. The third-order valence-corrected chi connectivity index (χ3v) is 3.20. The van der Waals surface area contributed by atoms with Gasteiger partial charge in [-0.25, -0.2) is 0 Å². The number of ether oxygens (including phenoxy) is 1. The Balaban J connectivity index is 2.30. The van der Waals surface area contributed by atoms with Crippen molar-refractivity contribution in [2.75, 3.05) is 6.61 Å². The van der Waals surface area contributed by atoms with Gasteiger partial charge in [0.2, 0.25) is 0 Å². The van der Waals surface area contributed by atoms with Crippen LogP contribution in [0.2, 0.25) is 10.0 Å². The molecule has 1 aromatic carbocycles. The predicted octanol–water partition coefficient (Wildman–Crippen LogP) is 4.98. The fourth-order valence-electron chi connectivity index (χ4n) is 1.60. The number of alkyl halides is 3. The highest BCUT2D eigenvalue weighted by atomic mass is 35.6. The number of halogens is 5. The van der Waals surface area contributed by atoms with Crippen LogP contribution in [0.4, 0.5) is 0 Å². The molecule has 0 aromatic heterocycles. The summed E-state index contributed by atoms with van der Waals surface area (Å²) in [6.07, 6.45) is 0.279. The van der Waals surface area contributed by atoms with E-state index in [-0.39, 0.29) is 6.42 Å². The number of benzene rings is 1. The smallest absolute Gasteiger partial charge is 0.193 e. The van der Waals surface area contributed by atoms with Gasteiger partial charge in [0.1, 0.15) is 5.60 Å². The molecule has 16 heavy (non-hydrogen) atoms. The molecule has 0 radical (unpaired) electrons. The average molecular weight is 320 g/mol. The number of hydrogen-bond acceptors (Lipinski definition) is 1. The zero-order valence-corrected chi connectivity index (χ0v) is 11.7. The summed E-state index contributed by atoms with van der Waals surface area (Å²) >= 11 is 29.1. The van der Waals surface area contributed by atoms with Crippen molar-refractivity contribution >= 4 is 58.0 Å². The van der Waals surface area contributed by atoms with Crippen LogP contribution in [0, 0.1) is 0 Å². The highest BCUT2D eigenvalue weighted by Crippen LogP contribution is 2.50. The molecule has 1 saturated heterocycles. The molecule has 1 aliphatic heterocycles. The first-order chi connectivity index (χ1) is 7.31. The van der Waals surface area contributed by atoms with Gasteiger partial charge in [-0.3, -0.25) is 0 Å². The summed E-state index contributed by atoms with van der Waals surface area (Å²) < 4.78 is 4.04. The third kappa shape index (κ3) is 3.10. The maximum absolute atomic E-state index is 5.92. The van der Waals surface area contributed by atoms with Crippen LogP contribution in [-0.4, -0.2) is 10.4 Å². The van der Waals surface area contributed by atoms with Crippen LogP contribution >= 0.6 is 58.0 Å². The van der Waals surface area contributed by atoms with Crippen LogP contribution in [0.3, 0.4) is 0 Å². The van der Waals surface area contributed by atoms with Crippen molar-refractivity contribution < 1.29 is 4.74 Å². The molecule has 0 N–H and O–H groups in total. The summed E-state index contributed by atoms with van der Waals surface area (Å²) in [5.41, 5.74) is 0.288. The second-order valence-corrected chi connectivity index (χ2v) is 7.12. The van der Waals surface area contributed by atoms with E-state index in [1.165, 1.54) is 0 Å². The fourth-order valence-corrected chi connectivity index (χ4v) is 2.77. The Morgan fingerprint density at radius 2 is 1.62 bits per heavy atom. The van der Waals surface area contributed by atoms with Gasteiger partial charge >= 0.3 is 0 Å². The topological polar surface area (TPSA) is 12.5 Å².